The van der Waals surface area contributed by atoms with Gasteiger partial charge in [-0.15, -0.1) is 0 Å². The molecule has 1 amide bonds. The zero-order chi connectivity index (χ0) is 18.0. The van der Waals surface area contributed by atoms with Crippen molar-refractivity contribution in [1.29, 1.82) is 0 Å². The van der Waals surface area contributed by atoms with Gasteiger partial charge in [0.2, 0.25) is 5.91 Å². The number of nitrogens with zero attached hydrogens (tertiary/aromatic N) is 1. The molecule has 3 heteroatoms. The van der Waals surface area contributed by atoms with Crippen molar-refractivity contribution >= 4 is 22.5 Å². The summed E-state index contributed by atoms with van der Waals surface area (Å²) in [5.41, 5.74) is 5.64. The fraction of sp³-hybridized carbons (Fsp3) is 0.318. The average molecular weight is 334 g/mol. The van der Waals surface area contributed by atoms with E-state index >= 15 is 0 Å². The van der Waals surface area contributed by atoms with Crippen molar-refractivity contribution in [2.24, 2.45) is 0 Å². The molecule has 0 saturated heterocycles. The highest BCUT2D eigenvalue weighted by Gasteiger charge is 2.18. The maximum atomic E-state index is 12.9. The minimum Gasteiger partial charge on any atom is -0.335 e. The number of para-hydroxylation sites is 1. The van der Waals surface area contributed by atoms with E-state index in [2.05, 4.69) is 49.5 Å². The monoisotopic (exact) mass is 334 g/mol. The summed E-state index contributed by atoms with van der Waals surface area (Å²) in [5, 5.41) is 4.33. The van der Waals surface area contributed by atoms with Gasteiger partial charge >= 0.3 is 0 Å². The molecule has 0 spiro atoms. The third-order valence-corrected chi connectivity index (χ3v) is 4.98. The Labute approximate surface area is 149 Å². The van der Waals surface area contributed by atoms with Gasteiger partial charge in [-0.25, -0.2) is 0 Å². The number of aryl methyl sites for hydroxylation is 3. The molecule has 3 nitrogen and oxygen atoms in total. The first kappa shape index (κ1) is 17.3. The summed E-state index contributed by atoms with van der Waals surface area (Å²) in [7, 11) is 0. The zero-order valence-electron chi connectivity index (χ0n) is 15.5. The van der Waals surface area contributed by atoms with Gasteiger partial charge in [0.05, 0.1) is 0 Å². The first-order valence-electron chi connectivity index (χ1n) is 9.04. The lowest BCUT2D eigenvalue weighted by Gasteiger charge is -2.18. The van der Waals surface area contributed by atoms with Crippen LogP contribution < -0.4 is 5.32 Å². The molecule has 1 atom stereocenters. The van der Waals surface area contributed by atoms with Crippen molar-refractivity contribution < 1.29 is 4.79 Å². The van der Waals surface area contributed by atoms with Crippen molar-refractivity contribution in [3.63, 3.8) is 0 Å². The van der Waals surface area contributed by atoms with Gasteiger partial charge in [0.15, 0.2) is 0 Å². The molecular formula is C22H26N2O. The van der Waals surface area contributed by atoms with Crippen LogP contribution in [-0.4, -0.2) is 10.5 Å². The van der Waals surface area contributed by atoms with Crippen LogP contribution in [0.2, 0.25) is 0 Å². The van der Waals surface area contributed by atoms with Gasteiger partial charge in [-0.2, -0.15) is 0 Å². The molecule has 1 heterocycles. The van der Waals surface area contributed by atoms with E-state index in [9.17, 15) is 4.79 Å². The molecular weight excluding hydrogens is 308 g/mol. The quantitative estimate of drug-likeness (QED) is 0.677. The zero-order valence-corrected chi connectivity index (χ0v) is 15.5. The van der Waals surface area contributed by atoms with Crippen molar-refractivity contribution in [1.82, 2.24) is 4.57 Å². The molecule has 1 N–H and O–H groups in total. The van der Waals surface area contributed by atoms with E-state index in [0.717, 1.165) is 29.6 Å². The van der Waals surface area contributed by atoms with Crippen LogP contribution in [0.15, 0.2) is 48.7 Å². The number of hydrogen-bond acceptors (Lipinski definition) is 1. The minimum atomic E-state index is -0.269. The predicted molar refractivity (Wildman–Crippen MR) is 105 cm³/mol. The van der Waals surface area contributed by atoms with Gasteiger partial charge in [-0.3, -0.25) is 4.79 Å². The largest absolute Gasteiger partial charge is 0.335 e. The van der Waals surface area contributed by atoms with Crippen LogP contribution in [0, 0.1) is 6.92 Å². The third kappa shape index (κ3) is 3.32. The van der Waals surface area contributed by atoms with Gasteiger partial charge in [-0.05, 0) is 67.0 Å². The van der Waals surface area contributed by atoms with Gasteiger partial charge in [0, 0.05) is 17.4 Å². The van der Waals surface area contributed by atoms with E-state index in [-0.39, 0.29) is 11.9 Å². The Bertz CT molecular complexity index is 908. The molecule has 0 aliphatic heterocycles. The van der Waals surface area contributed by atoms with Crippen LogP contribution in [0.4, 0.5) is 5.69 Å². The van der Waals surface area contributed by atoms with Crippen LogP contribution >= 0.6 is 0 Å². The lowest BCUT2D eigenvalue weighted by molar-refractivity contribution is -0.118. The Morgan fingerprint density at radius 1 is 1.12 bits per heavy atom. The van der Waals surface area contributed by atoms with Crippen molar-refractivity contribution in [2.75, 3.05) is 5.32 Å². The summed E-state index contributed by atoms with van der Waals surface area (Å²) < 4.78 is 2.05. The number of hydrogen-bond donors (Lipinski definition) is 1. The molecule has 0 bridgehead atoms. The van der Waals surface area contributed by atoms with Crippen LogP contribution in [0.3, 0.4) is 0 Å². The Morgan fingerprint density at radius 2 is 1.92 bits per heavy atom. The van der Waals surface area contributed by atoms with Crippen molar-refractivity contribution in [2.45, 2.75) is 46.6 Å². The smallest absolute Gasteiger partial charge is 0.247 e. The second kappa shape index (κ2) is 7.14. The van der Waals surface area contributed by atoms with E-state index in [1.807, 2.05) is 36.7 Å². The number of anilines is 1. The van der Waals surface area contributed by atoms with Crippen LogP contribution in [0.1, 0.15) is 43.5 Å². The summed E-state index contributed by atoms with van der Waals surface area (Å²) in [6, 6.07) is 14.4. The number of amides is 1. The van der Waals surface area contributed by atoms with Crippen LogP contribution in [0.25, 0.3) is 10.9 Å². The van der Waals surface area contributed by atoms with E-state index in [0.29, 0.717) is 0 Å². The maximum absolute atomic E-state index is 12.9. The molecule has 0 radical (unpaired) electrons. The number of aromatic nitrogens is 1. The minimum absolute atomic E-state index is 0.0149. The number of carbonyl (C=O) groups excluding carboxylic acids is 1. The molecule has 2 aromatic carbocycles. The molecule has 0 saturated carbocycles. The fourth-order valence-corrected chi connectivity index (χ4v) is 3.33. The molecule has 0 aliphatic rings. The van der Waals surface area contributed by atoms with E-state index in [4.69, 9.17) is 0 Å². The van der Waals surface area contributed by atoms with Crippen molar-refractivity contribution in [3.8, 4) is 0 Å². The summed E-state index contributed by atoms with van der Waals surface area (Å²) >= 11 is 0. The van der Waals surface area contributed by atoms with Crippen LogP contribution in [0.5, 0.6) is 0 Å². The average Bonchev–Trinajstić information content (AvgIpc) is 3.05. The van der Waals surface area contributed by atoms with Crippen LogP contribution in [-0.2, 0) is 17.6 Å². The lowest BCUT2D eigenvalue weighted by Crippen LogP contribution is -2.24. The molecule has 130 valence electrons. The Kier molecular flexibility index (Phi) is 4.93. The molecule has 0 fully saturated rings. The first-order chi connectivity index (χ1) is 12.0. The van der Waals surface area contributed by atoms with E-state index in [1.165, 1.54) is 16.5 Å². The maximum Gasteiger partial charge on any atom is 0.247 e. The molecule has 1 unspecified atom stereocenters. The van der Waals surface area contributed by atoms with E-state index in [1.54, 1.807) is 0 Å². The summed E-state index contributed by atoms with van der Waals surface area (Å²) in [4.78, 5) is 12.9. The normalized spacial score (nSPS) is 12.3. The van der Waals surface area contributed by atoms with Gasteiger partial charge in [0.1, 0.15) is 6.04 Å². The SMILES string of the molecule is CCc1ccc2c(ccn2C(C)C(=O)Nc2c(C)cccc2CC)c1. The van der Waals surface area contributed by atoms with E-state index < -0.39 is 0 Å². The Balaban J connectivity index is 1.89. The van der Waals surface area contributed by atoms with Crippen molar-refractivity contribution in [3.05, 3.63) is 65.4 Å². The number of fused-ring (bicyclic) bond motifs is 1. The number of carbonyl (C=O) groups is 1. The number of benzene rings is 2. The molecule has 25 heavy (non-hydrogen) atoms. The fourth-order valence-electron chi connectivity index (χ4n) is 3.33. The highest BCUT2D eigenvalue weighted by molar-refractivity contribution is 5.96. The third-order valence-electron chi connectivity index (χ3n) is 4.98. The Morgan fingerprint density at radius 3 is 2.64 bits per heavy atom. The standard InChI is InChI=1S/C22H26N2O/c1-5-17-10-11-20-19(14-17)12-13-24(20)16(4)22(25)23-21-15(3)8-7-9-18(21)6-2/h7-14,16H,5-6H2,1-4H3,(H,23,25). The predicted octanol–water partition coefficient (Wildman–Crippen LogP) is 5.27. The molecule has 0 aliphatic carbocycles. The summed E-state index contributed by atoms with van der Waals surface area (Å²) in [5.74, 6) is 0.0149. The topological polar surface area (TPSA) is 34.0 Å². The first-order valence-corrected chi connectivity index (χ1v) is 9.04. The highest BCUT2D eigenvalue weighted by Crippen LogP contribution is 2.25. The Hall–Kier alpha value is -2.55. The lowest BCUT2D eigenvalue weighted by atomic mass is 10.1. The molecule has 1 aromatic heterocycles. The van der Waals surface area contributed by atoms with Gasteiger partial charge in [-0.1, -0.05) is 38.1 Å². The highest BCUT2D eigenvalue weighted by atomic mass is 16.2. The molecule has 3 aromatic rings. The van der Waals surface area contributed by atoms with Gasteiger partial charge < -0.3 is 9.88 Å². The summed E-state index contributed by atoms with van der Waals surface area (Å²) in [6.45, 7) is 8.25. The second-order valence-corrected chi connectivity index (χ2v) is 6.60. The summed E-state index contributed by atoms with van der Waals surface area (Å²) in [6.07, 6.45) is 3.93. The molecule has 3 rings (SSSR count). The number of rotatable bonds is 5. The number of nitrogens with one attached hydrogen (secondary N) is 1. The second-order valence-electron chi connectivity index (χ2n) is 6.60. The van der Waals surface area contributed by atoms with Gasteiger partial charge in [0.25, 0.3) is 0 Å².